The highest BCUT2D eigenvalue weighted by molar-refractivity contribution is 9.10. The second-order valence-corrected chi connectivity index (χ2v) is 7.85. The van der Waals surface area contributed by atoms with Gasteiger partial charge in [-0.2, -0.15) is 0 Å². The van der Waals surface area contributed by atoms with E-state index >= 15 is 0 Å². The van der Waals surface area contributed by atoms with Gasteiger partial charge >= 0.3 is 0 Å². The van der Waals surface area contributed by atoms with Crippen molar-refractivity contribution in [2.24, 2.45) is 0 Å². The van der Waals surface area contributed by atoms with Crippen LogP contribution in [0.3, 0.4) is 0 Å². The molecule has 4 heteroatoms. The molecule has 0 amide bonds. The van der Waals surface area contributed by atoms with Crippen molar-refractivity contribution in [3.8, 4) is 0 Å². The first-order valence-electron chi connectivity index (χ1n) is 7.14. The summed E-state index contributed by atoms with van der Waals surface area (Å²) in [4.78, 5) is 9.44. The molecule has 2 aromatic rings. The highest BCUT2D eigenvalue weighted by Crippen LogP contribution is 2.53. The van der Waals surface area contributed by atoms with Gasteiger partial charge < -0.3 is 0 Å². The molecule has 1 aliphatic carbocycles. The summed E-state index contributed by atoms with van der Waals surface area (Å²) in [6, 6.07) is 10.5. The normalized spacial score (nSPS) is 16.8. The summed E-state index contributed by atoms with van der Waals surface area (Å²) in [6.45, 7) is 6.42. The molecule has 3 rings (SSSR count). The molecule has 1 aliphatic rings. The molecule has 0 aliphatic heterocycles. The molecule has 0 bridgehead atoms. The Bertz CT molecular complexity index is 673. The molecular formula is C17H18BrClN2. The molecular weight excluding hydrogens is 348 g/mol. The van der Waals surface area contributed by atoms with Gasteiger partial charge in [0.05, 0.1) is 15.6 Å². The third-order valence-corrected chi connectivity index (χ3v) is 5.28. The van der Waals surface area contributed by atoms with Crippen molar-refractivity contribution >= 4 is 27.5 Å². The molecule has 0 unspecified atom stereocenters. The van der Waals surface area contributed by atoms with Crippen molar-refractivity contribution < 1.29 is 0 Å². The van der Waals surface area contributed by atoms with E-state index in [1.54, 1.807) is 0 Å². The minimum Gasteiger partial charge on any atom is -0.235 e. The van der Waals surface area contributed by atoms with Crippen LogP contribution in [0.15, 0.2) is 34.8 Å². The number of nitrogens with zero attached hydrogens (tertiary/aromatic N) is 2. The zero-order valence-corrected chi connectivity index (χ0v) is 14.8. The van der Waals surface area contributed by atoms with Gasteiger partial charge in [-0.15, -0.1) is 0 Å². The first kappa shape index (κ1) is 15.0. The van der Waals surface area contributed by atoms with Gasteiger partial charge in [-0.1, -0.05) is 62.7 Å². The Kier molecular flexibility index (Phi) is 3.61. The SMILES string of the molecule is CC(C)(C)c1nc(C2(c3ccccc3)CC2)nc(Cl)c1Br. The molecule has 0 radical (unpaired) electrons. The van der Waals surface area contributed by atoms with Gasteiger partial charge in [0.15, 0.2) is 0 Å². The summed E-state index contributed by atoms with van der Waals surface area (Å²) in [7, 11) is 0. The monoisotopic (exact) mass is 364 g/mol. The Morgan fingerprint density at radius 3 is 2.24 bits per heavy atom. The van der Waals surface area contributed by atoms with Gasteiger partial charge in [0.2, 0.25) is 0 Å². The minimum atomic E-state index is -0.0765. The molecule has 1 fully saturated rings. The fraction of sp³-hybridized carbons (Fsp3) is 0.412. The van der Waals surface area contributed by atoms with Crippen LogP contribution >= 0.6 is 27.5 Å². The molecule has 0 spiro atoms. The molecule has 21 heavy (non-hydrogen) atoms. The van der Waals surface area contributed by atoms with Crippen LogP contribution in [0, 0.1) is 0 Å². The van der Waals surface area contributed by atoms with Crippen molar-refractivity contribution in [1.29, 1.82) is 0 Å². The van der Waals surface area contributed by atoms with Gasteiger partial charge in [0, 0.05) is 5.41 Å². The fourth-order valence-electron chi connectivity index (χ4n) is 2.65. The van der Waals surface area contributed by atoms with Gasteiger partial charge in [-0.25, -0.2) is 9.97 Å². The van der Waals surface area contributed by atoms with E-state index in [9.17, 15) is 0 Å². The van der Waals surface area contributed by atoms with E-state index < -0.39 is 0 Å². The highest BCUT2D eigenvalue weighted by atomic mass is 79.9. The molecule has 1 aromatic heterocycles. The van der Waals surface area contributed by atoms with Crippen molar-refractivity contribution in [1.82, 2.24) is 9.97 Å². The van der Waals surface area contributed by atoms with Gasteiger partial charge in [0.1, 0.15) is 11.0 Å². The standard InChI is InChI=1S/C17H18BrClN2/c1-16(2,3)13-12(18)14(19)21-15(20-13)17(9-10-17)11-7-5-4-6-8-11/h4-8H,9-10H2,1-3H3. The molecule has 0 N–H and O–H groups in total. The fourth-order valence-corrected chi connectivity index (χ4v) is 3.60. The van der Waals surface area contributed by atoms with Crippen LogP contribution in [0.1, 0.15) is 50.7 Å². The van der Waals surface area contributed by atoms with Crippen molar-refractivity contribution in [3.63, 3.8) is 0 Å². The van der Waals surface area contributed by atoms with Crippen LogP contribution in [0.5, 0.6) is 0 Å². The van der Waals surface area contributed by atoms with E-state index in [0.717, 1.165) is 28.8 Å². The molecule has 1 heterocycles. The molecule has 0 saturated heterocycles. The molecule has 0 atom stereocenters. The Balaban J connectivity index is 2.14. The maximum Gasteiger partial charge on any atom is 0.147 e. The predicted molar refractivity (Wildman–Crippen MR) is 89.9 cm³/mol. The first-order valence-corrected chi connectivity index (χ1v) is 8.31. The highest BCUT2D eigenvalue weighted by Gasteiger charge is 2.49. The number of aromatic nitrogens is 2. The Hall–Kier alpha value is -0.930. The van der Waals surface area contributed by atoms with Crippen molar-refractivity contribution in [3.05, 3.63) is 57.0 Å². The Morgan fingerprint density at radius 2 is 1.71 bits per heavy atom. The van der Waals surface area contributed by atoms with Crippen molar-refractivity contribution in [2.75, 3.05) is 0 Å². The summed E-state index contributed by atoms with van der Waals surface area (Å²) in [5, 5.41) is 0.507. The van der Waals surface area contributed by atoms with E-state index in [1.165, 1.54) is 5.56 Å². The lowest BCUT2D eigenvalue weighted by molar-refractivity contribution is 0.553. The average molecular weight is 366 g/mol. The third-order valence-electron chi connectivity index (χ3n) is 4.03. The van der Waals surface area contributed by atoms with E-state index in [0.29, 0.717) is 5.15 Å². The Labute approximate surface area is 139 Å². The number of halogens is 2. The summed E-state index contributed by atoms with van der Waals surface area (Å²) in [5.41, 5.74) is 2.13. The summed E-state index contributed by atoms with van der Waals surface area (Å²) < 4.78 is 0.810. The maximum atomic E-state index is 6.35. The largest absolute Gasteiger partial charge is 0.235 e. The van der Waals surface area contributed by atoms with Crippen molar-refractivity contribution in [2.45, 2.75) is 44.4 Å². The number of hydrogen-bond donors (Lipinski definition) is 0. The predicted octanol–water partition coefficient (Wildman–Crippen LogP) is 5.27. The van der Waals surface area contributed by atoms with E-state index in [4.69, 9.17) is 16.6 Å². The van der Waals surface area contributed by atoms with Crippen LogP contribution in [-0.2, 0) is 10.8 Å². The smallest absolute Gasteiger partial charge is 0.147 e. The first-order chi connectivity index (χ1) is 9.84. The lowest BCUT2D eigenvalue weighted by Crippen LogP contribution is -2.21. The number of rotatable bonds is 2. The number of hydrogen-bond acceptors (Lipinski definition) is 2. The van der Waals surface area contributed by atoms with Gasteiger partial charge in [-0.3, -0.25) is 0 Å². The van der Waals surface area contributed by atoms with E-state index in [-0.39, 0.29) is 10.8 Å². The number of benzene rings is 1. The second-order valence-electron chi connectivity index (χ2n) is 6.70. The topological polar surface area (TPSA) is 25.8 Å². The zero-order chi connectivity index (χ0) is 15.3. The third kappa shape index (κ3) is 2.62. The minimum absolute atomic E-state index is 0.0500. The molecule has 2 nitrogen and oxygen atoms in total. The van der Waals surface area contributed by atoms with Crippen LogP contribution in [0.4, 0.5) is 0 Å². The van der Waals surface area contributed by atoms with E-state index in [2.05, 4.69) is 66.0 Å². The second kappa shape index (κ2) is 5.06. The lowest BCUT2D eigenvalue weighted by atomic mass is 9.90. The van der Waals surface area contributed by atoms with Crippen LogP contribution in [0.25, 0.3) is 0 Å². The van der Waals surface area contributed by atoms with Gasteiger partial charge in [-0.05, 0) is 34.3 Å². The maximum absolute atomic E-state index is 6.35. The molecule has 1 saturated carbocycles. The zero-order valence-electron chi connectivity index (χ0n) is 12.5. The van der Waals surface area contributed by atoms with Crippen LogP contribution in [0.2, 0.25) is 5.15 Å². The van der Waals surface area contributed by atoms with Gasteiger partial charge in [0.25, 0.3) is 0 Å². The Morgan fingerprint density at radius 1 is 1.10 bits per heavy atom. The summed E-state index contributed by atoms with van der Waals surface area (Å²) in [6.07, 6.45) is 2.16. The molecule has 110 valence electrons. The average Bonchev–Trinajstić information content (AvgIpc) is 3.23. The quantitative estimate of drug-likeness (QED) is 0.677. The summed E-state index contributed by atoms with van der Waals surface area (Å²) >= 11 is 9.88. The summed E-state index contributed by atoms with van der Waals surface area (Å²) in [5.74, 6) is 0.854. The van der Waals surface area contributed by atoms with Crippen LogP contribution < -0.4 is 0 Å². The molecule has 1 aromatic carbocycles. The van der Waals surface area contributed by atoms with E-state index in [1.807, 2.05) is 6.07 Å². The lowest BCUT2D eigenvalue weighted by Gasteiger charge is -2.23. The van der Waals surface area contributed by atoms with Crippen LogP contribution in [-0.4, -0.2) is 9.97 Å².